The summed E-state index contributed by atoms with van der Waals surface area (Å²) in [6, 6.07) is 3.92. The molecule has 0 aliphatic carbocycles. The molecular weight excluding hydrogens is 249 g/mol. The van der Waals surface area contributed by atoms with Crippen molar-refractivity contribution in [3.8, 4) is 0 Å². The van der Waals surface area contributed by atoms with Gasteiger partial charge in [0.25, 0.3) is 5.91 Å². The Morgan fingerprint density at radius 2 is 2.21 bits per heavy atom. The monoisotopic (exact) mass is 265 g/mol. The van der Waals surface area contributed by atoms with Crippen molar-refractivity contribution in [1.82, 2.24) is 10.2 Å². The Morgan fingerprint density at radius 1 is 1.47 bits per heavy atom. The molecule has 1 atom stereocenters. The fraction of sp³-hybridized carbons (Fsp3) is 0.385. The van der Waals surface area contributed by atoms with Gasteiger partial charge in [0, 0.05) is 31.6 Å². The van der Waals surface area contributed by atoms with Crippen LogP contribution in [0.4, 0.5) is 10.1 Å². The standard InChI is InChI=1S/C13H16FN3O2/c1-8(18)16-10-4-5-17(7-10)13(19)9-2-3-11(14)12(15)6-9/h2-3,6,10H,4-5,7,15H2,1H3,(H,16,18). The molecule has 0 saturated carbocycles. The summed E-state index contributed by atoms with van der Waals surface area (Å²) in [6.07, 6.45) is 0.724. The van der Waals surface area contributed by atoms with E-state index in [-0.39, 0.29) is 23.5 Å². The minimum Gasteiger partial charge on any atom is -0.396 e. The van der Waals surface area contributed by atoms with Crippen LogP contribution in [0.25, 0.3) is 0 Å². The number of nitrogens with one attached hydrogen (secondary N) is 1. The number of carbonyl (C=O) groups is 2. The molecule has 0 bridgehead atoms. The van der Waals surface area contributed by atoms with E-state index in [2.05, 4.69) is 5.32 Å². The quantitative estimate of drug-likeness (QED) is 0.775. The predicted octanol–water partition coefficient (Wildman–Crippen LogP) is 0.758. The number of likely N-dealkylation sites (tertiary alicyclic amines) is 1. The van der Waals surface area contributed by atoms with Crippen LogP contribution in [0.5, 0.6) is 0 Å². The van der Waals surface area contributed by atoms with Gasteiger partial charge in [-0.15, -0.1) is 0 Å². The van der Waals surface area contributed by atoms with Gasteiger partial charge in [-0.3, -0.25) is 9.59 Å². The minimum atomic E-state index is -0.533. The summed E-state index contributed by atoms with van der Waals surface area (Å²) < 4.78 is 13.0. The normalized spacial score (nSPS) is 18.4. The molecule has 1 heterocycles. The summed E-state index contributed by atoms with van der Waals surface area (Å²) in [5.74, 6) is -0.834. The highest BCUT2D eigenvalue weighted by Crippen LogP contribution is 2.17. The second-order valence-corrected chi connectivity index (χ2v) is 4.67. The number of amides is 2. The largest absolute Gasteiger partial charge is 0.396 e. The van der Waals surface area contributed by atoms with E-state index in [0.717, 1.165) is 6.42 Å². The smallest absolute Gasteiger partial charge is 0.254 e. The number of carbonyl (C=O) groups excluding carboxylic acids is 2. The van der Waals surface area contributed by atoms with Crippen molar-refractivity contribution >= 4 is 17.5 Å². The van der Waals surface area contributed by atoms with Crippen LogP contribution >= 0.6 is 0 Å². The van der Waals surface area contributed by atoms with Gasteiger partial charge in [-0.05, 0) is 24.6 Å². The van der Waals surface area contributed by atoms with E-state index in [1.54, 1.807) is 4.90 Å². The molecule has 3 N–H and O–H groups in total. The molecule has 1 aliphatic rings. The molecule has 1 aromatic rings. The highest BCUT2D eigenvalue weighted by Gasteiger charge is 2.27. The Morgan fingerprint density at radius 3 is 2.84 bits per heavy atom. The van der Waals surface area contributed by atoms with Crippen molar-refractivity contribution in [2.45, 2.75) is 19.4 Å². The lowest BCUT2D eigenvalue weighted by Gasteiger charge is -2.17. The van der Waals surface area contributed by atoms with Gasteiger partial charge in [0.1, 0.15) is 5.82 Å². The Hall–Kier alpha value is -2.11. The summed E-state index contributed by atoms with van der Waals surface area (Å²) in [6.45, 7) is 2.49. The number of benzene rings is 1. The number of nitrogens with two attached hydrogens (primary N) is 1. The summed E-state index contributed by atoms with van der Waals surface area (Å²) in [7, 11) is 0. The maximum absolute atomic E-state index is 13.0. The van der Waals surface area contributed by atoms with Crippen LogP contribution in [-0.2, 0) is 4.79 Å². The predicted molar refractivity (Wildman–Crippen MR) is 68.9 cm³/mol. The third-order valence-corrected chi connectivity index (χ3v) is 3.13. The van der Waals surface area contributed by atoms with Crippen molar-refractivity contribution in [3.63, 3.8) is 0 Å². The number of anilines is 1. The zero-order chi connectivity index (χ0) is 14.0. The molecule has 2 rings (SSSR count). The Kier molecular flexibility index (Phi) is 3.69. The number of hydrogen-bond donors (Lipinski definition) is 2. The number of nitrogen functional groups attached to an aromatic ring is 1. The fourth-order valence-corrected chi connectivity index (χ4v) is 2.21. The van der Waals surface area contributed by atoms with Gasteiger partial charge in [-0.25, -0.2) is 4.39 Å². The second-order valence-electron chi connectivity index (χ2n) is 4.67. The average Bonchev–Trinajstić information content (AvgIpc) is 2.79. The number of rotatable bonds is 2. The number of hydrogen-bond acceptors (Lipinski definition) is 3. The summed E-state index contributed by atoms with van der Waals surface area (Å²) in [4.78, 5) is 24.8. The van der Waals surface area contributed by atoms with Gasteiger partial charge in [0.05, 0.1) is 5.69 Å². The summed E-state index contributed by atoms with van der Waals surface area (Å²) in [5.41, 5.74) is 5.77. The van der Waals surface area contributed by atoms with Crippen LogP contribution in [0.1, 0.15) is 23.7 Å². The Labute approximate surface area is 110 Å². The summed E-state index contributed by atoms with van der Waals surface area (Å²) >= 11 is 0. The lowest BCUT2D eigenvalue weighted by atomic mass is 10.1. The third kappa shape index (κ3) is 3.01. The third-order valence-electron chi connectivity index (χ3n) is 3.13. The molecule has 0 spiro atoms. The first-order chi connectivity index (χ1) is 8.97. The molecule has 1 fully saturated rings. The van der Waals surface area contributed by atoms with Gasteiger partial charge in [-0.1, -0.05) is 0 Å². The van der Waals surface area contributed by atoms with Crippen molar-refractivity contribution in [2.75, 3.05) is 18.8 Å². The van der Waals surface area contributed by atoms with E-state index in [4.69, 9.17) is 5.73 Å². The SMILES string of the molecule is CC(=O)NC1CCN(C(=O)c2ccc(F)c(N)c2)C1. The van der Waals surface area contributed by atoms with Crippen molar-refractivity contribution in [1.29, 1.82) is 0 Å². The zero-order valence-corrected chi connectivity index (χ0v) is 10.6. The lowest BCUT2D eigenvalue weighted by molar-refractivity contribution is -0.119. The van der Waals surface area contributed by atoms with Gasteiger partial charge in [-0.2, -0.15) is 0 Å². The van der Waals surface area contributed by atoms with E-state index in [1.807, 2.05) is 0 Å². The summed E-state index contributed by atoms with van der Waals surface area (Å²) in [5, 5.41) is 2.78. The van der Waals surface area contributed by atoms with Crippen molar-refractivity contribution in [3.05, 3.63) is 29.6 Å². The molecule has 0 radical (unpaired) electrons. The van der Waals surface area contributed by atoms with Crippen molar-refractivity contribution < 1.29 is 14.0 Å². The van der Waals surface area contributed by atoms with Gasteiger partial charge in [0.2, 0.25) is 5.91 Å². The minimum absolute atomic E-state index is 0.0146. The average molecular weight is 265 g/mol. The lowest BCUT2D eigenvalue weighted by Crippen LogP contribution is -2.37. The Balaban J connectivity index is 2.04. The molecule has 5 nitrogen and oxygen atoms in total. The first-order valence-corrected chi connectivity index (χ1v) is 6.09. The Bertz CT molecular complexity index is 519. The van der Waals surface area contributed by atoms with Gasteiger partial charge >= 0.3 is 0 Å². The maximum Gasteiger partial charge on any atom is 0.254 e. The topological polar surface area (TPSA) is 75.4 Å². The number of nitrogens with zero attached hydrogens (tertiary/aromatic N) is 1. The van der Waals surface area contributed by atoms with Gasteiger partial charge < -0.3 is 16.0 Å². The van der Waals surface area contributed by atoms with Crippen LogP contribution in [0.3, 0.4) is 0 Å². The molecule has 19 heavy (non-hydrogen) atoms. The first-order valence-electron chi connectivity index (χ1n) is 6.09. The molecule has 102 valence electrons. The highest BCUT2D eigenvalue weighted by atomic mass is 19.1. The van der Waals surface area contributed by atoms with E-state index in [0.29, 0.717) is 18.7 Å². The first kappa shape index (κ1) is 13.3. The van der Waals surface area contributed by atoms with E-state index < -0.39 is 5.82 Å². The van der Waals surface area contributed by atoms with E-state index in [9.17, 15) is 14.0 Å². The molecule has 1 saturated heterocycles. The highest BCUT2D eigenvalue weighted by molar-refractivity contribution is 5.95. The van der Waals surface area contributed by atoms with Crippen molar-refractivity contribution in [2.24, 2.45) is 0 Å². The maximum atomic E-state index is 13.0. The molecule has 1 aliphatic heterocycles. The van der Waals surface area contributed by atoms with Crippen LogP contribution in [0.2, 0.25) is 0 Å². The van der Waals surface area contributed by atoms with Crippen LogP contribution in [-0.4, -0.2) is 35.8 Å². The molecule has 0 aromatic heterocycles. The van der Waals surface area contributed by atoms with Crippen LogP contribution in [0.15, 0.2) is 18.2 Å². The molecule has 6 heteroatoms. The second kappa shape index (κ2) is 5.26. The van der Waals surface area contributed by atoms with E-state index in [1.165, 1.54) is 25.1 Å². The van der Waals surface area contributed by atoms with Gasteiger partial charge in [0.15, 0.2) is 0 Å². The van der Waals surface area contributed by atoms with Crippen LogP contribution < -0.4 is 11.1 Å². The molecule has 1 unspecified atom stereocenters. The van der Waals surface area contributed by atoms with Crippen LogP contribution in [0, 0.1) is 5.82 Å². The molecule has 1 aromatic carbocycles. The molecular formula is C13H16FN3O2. The van der Waals surface area contributed by atoms with E-state index >= 15 is 0 Å². The zero-order valence-electron chi connectivity index (χ0n) is 10.6. The fourth-order valence-electron chi connectivity index (χ4n) is 2.21. The molecule has 2 amide bonds. The number of halogens is 1.